The van der Waals surface area contributed by atoms with E-state index in [1.54, 1.807) is 0 Å². The van der Waals surface area contributed by atoms with Gasteiger partial charge in [0.05, 0.1) is 11.5 Å². The van der Waals surface area contributed by atoms with Crippen molar-refractivity contribution in [2.45, 2.75) is 0 Å². The normalized spacial score (nSPS) is 10.0. The molecular formula is C12H13ClN2O4. The number of nitro groups is 1. The van der Waals surface area contributed by atoms with Gasteiger partial charge >= 0.3 is 0 Å². The van der Waals surface area contributed by atoms with Gasteiger partial charge in [0.25, 0.3) is 11.6 Å². The van der Waals surface area contributed by atoms with Crippen LogP contribution in [0.1, 0.15) is 10.4 Å². The first-order valence-corrected chi connectivity index (χ1v) is 5.84. The molecule has 0 aliphatic rings. The second-order valence-electron chi connectivity index (χ2n) is 3.68. The van der Waals surface area contributed by atoms with Gasteiger partial charge in [-0.3, -0.25) is 14.9 Å². The van der Waals surface area contributed by atoms with E-state index < -0.39 is 10.8 Å². The zero-order chi connectivity index (χ0) is 14.4. The average molecular weight is 285 g/mol. The predicted molar refractivity (Wildman–Crippen MR) is 71.3 cm³/mol. The summed E-state index contributed by atoms with van der Waals surface area (Å²) < 4.78 is 0. The van der Waals surface area contributed by atoms with Crippen LogP contribution in [0.3, 0.4) is 0 Å². The van der Waals surface area contributed by atoms with Crippen LogP contribution in [0.4, 0.5) is 5.69 Å². The van der Waals surface area contributed by atoms with E-state index in [-0.39, 0.29) is 36.0 Å². The van der Waals surface area contributed by atoms with Gasteiger partial charge in [0.1, 0.15) is 5.56 Å². The molecule has 0 bridgehead atoms. The fourth-order valence-electron chi connectivity index (χ4n) is 1.56. The molecule has 0 spiro atoms. The molecule has 0 aliphatic heterocycles. The monoisotopic (exact) mass is 284 g/mol. The van der Waals surface area contributed by atoms with Gasteiger partial charge in [-0.05, 0) is 12.1 Å². The number of hydrogen-bond donors (Lipinski definition) is 1. The standard InChI is InChI=1S/C12H13ClN2O4/c1-2-5-14(6-7-16)12(17)10-8-9(13)3-4-11(10)15(18)19/h2-4,8,16H,1,5-7H2. The van der Waals surface area contributed by atoms with Gasteiger partial charge in [0, 0.05) is 24.2 Å². The van der Waals surface area contributed by atoms with E-state index in [0.29, 0.717) is 0 Å². The molecule has 1 aromatic carbocycles. The van der Waals surface area contributed by atoms with Crippen molar-refractivity contribution in [2.75, 3.05) is 19.7 Å². The topological polar surface area (TPSA) is 83.7 Å². The lowest BCUT2D eigenvalue weighted by Gasteiger charge is -2.19. The Bertz CT molecular complexity index is 505. The molecule has 0 radical (unpaired) electrons. The van der Waals surface area contributed by atoms with Crippen molar-refractivity contribution in [3.05, 3.63) is 51.6 Å². The van der Waals surface area contributed by atoms with E-state index in [9.17, 15) is 14.9 Å². The van der Waals surface area contributed by atoms with Crippen LogP contribution in [0, 0.1) is 10.1 Å². The highest BCUT2D eigenvalue weighted by Crippen LogP contribution is 2.24. The number of amides is 1. The number of aliphatic hydroxyl groups is 1. The lowest BCUT2D eigenvalue weighted by Crippen LogP contribution is -2.34. The van der Waals surface area contributed by atoms with Crippen LogP contribution in [-0.4, -0.2) is 40.5 Å². The number of nitrogens with zero attached hydrogens (tertiary/aromatic N) is 2. The summed E-state index contributed by atoms with van der Waals surface area (Å²) in [6.07, 6.45) is 1.48. The molecule has 0 heterocycles. The molecule has 1 amide bonds. The maximum Gasteiger partial charge on any atom is 0.282 e. The molecule has 6 nitrogen and oxygen atoms in total. The lowest BCUT2D eigenvalue weighted by atomic mass is 10.1. The number of carbonyl (C=O) groups excluding carboxylic acids is 1. The molecule has 0 aliphatic carbocycles. The van der Waals surface area contributed by atoms with Gasteiger partial charge in [0.2, 0.25) is 0 Å². The molecule has 0 atom stereocenters. The minimum atomic E-state index is -0.644. The fourth-order valence-corrected chi connectivity index (χ4v) is 1.73. The third-order valence-corrected chi connectivity index (χ3v) is 2.63. The maximum atomic E-state index is 12.2. The van der Waals surface area contributed by atoms with Crippen molar-refractivity contribution in [3.8, 4) is 0 Å². The summed E-state index contributed by atoms with van der Waals surface area (Å²) in [5.41, 5.74) is -0.422. The van der Waals surface area contributed by atoms with E-state index in [4.69, 9.17) is 16.7 Å². The maximum absolute atomic E-state index is 12.2. The largest absolute Gasteiger partial charge is 0.395 e. The number of benzene rings is 1. The summed E-state index contributed by atoms with van der Waals surface area (Å²) in [5.74, 6) is -0.567. The van der Waals surface area contributed by atoms with Crippen LogP contribution < -0.4 is 0 Å². The Morgan fingerprint density at radius 1 is 1.58 bits per heavy atom. The molecule has 1 N–H and O–H groups in total. The Morgan fingerprint density at radius 2 is 2.26 bits per heavy atom. The fraction of sp³-hybridized carbons (Fsp3) is 0.250. The van der Waals surface area contributed by atoms with Gasteiger partial charge in [-0.2, -0.15) is 0 Å². The van der Waals surface area contributed by atoms with Crippen LogP contribution in [-0.2, 0) is 0 Å². The molecule has 0 unspecified atom stereocenters. The van der Waals surface area contributed by atoms with Gasteiger partial charge in [-0.25, -0.2) is 0 Å². The minimum Gasteiger partial charge on any atom is -0.395 e. The van der Waals surface area contributed by atoms with Crippen molar-refractivity contribution in [3.63, 3.8) is 0 Å². The van der Waals surface area contributed by atoms with Crippen LogP contribution in [0.5, 0.6) is 0 Å². The zero-order valence-corrected chi connectivity index (χ0v) is 10.8. The zero-order valence-electron chi connectivity index (χ0n) is 10.1. The molecule has 0 fully saturated rings. The summed E-state index contributed by atoms with van der Waals surface area (Å²) >= 11 is 5.76. The number of hydrogen-bond acceptors (Lipinski definition) is 4. The number of aliphatic hydroxyl groups excluding tert-OH is 1. The van der Waals surface area contributed by atoms with Gasteiger partial charge in [0.15, 0.2) is 0 Å². The van der Waals surface area contributed by atoms with Crippen LogP contribution in [0.15, 0.2) is 30.9 Å². The van der Waals surface area contributed by atoms with Crippen molar-refractivity contribution in [1.82, 2.24) is 4.90 Å². The molecule has 0 saturated heterocycles. The van der Waals surface area contributed by atoms with Gasteiger partial charge < -0.3 is 10.0 Å². The molecule has 1 rings (SSSR count). The second kappa shape index (κ2) is 6.86. The number of nitro benzene ring substituents is 1. The predicted octanol–water partition coefficient (Wildman–Crippen LogP) is 1.87. The molecule has 7 heteroatoms. The van der Waals surface area contributed by atoms with Crippen molar-refractivity contribution >= 4 is 23.2 Å². The summed E-state index contributed by atoms with van der Waals surface area (Å²) in [6, 6.07) is 3.77. The Morgan fingerprint density at radius 3 is 2.79 bits per heavy atom. The summed E-state index contributed by atoms with van der Waals surface area (Å²) in [5, 5.41) is 20.0. The third kappa shape index (κ3) is 3.77. The third-order valence-electron chi connectivity index (χ3n) is 2.39. The summed E-state index contributed by atoms with van der Waals surface area (Å²) in [6.45, 7) is 3.50. The van der Waals surface area contributed by atoms with E-state index >= 15 is 0 Å². The highest BCUT2D eigenvalue weighted by atomic mass is 35.5. The first kappa shape index (κ1) is 15.1. The van der Waals surface area contributed by atoms with E-state index in [1.165, 1.54) is 29.2 Å². The highest BCUT2D eigenvalue weighted by molar-refractivity contribution is 6.31. The number of carbonyl (C=O) groups is 1. The molecule has 0 saturated carbocycles. The van der Waals surface area contributed by atoms with Gasteiger partial charge in [-0.15, -0.1) is 6.58 Å². The molecular weight excluding hydrogens is 272 g/mol. The summed E-state index contributed by atoms with van der Waals surface area (Å²) in [4.78, 5) is 23.7. The van der Waals surface area contributed by atoms with Crippen molar-refractivity contribution < 1.29 is 14.8 Å². The first-order valence-electron chi connectivity index (χ1n) is 5.46. The number of rotatable bonds is 6. The molecule has 1 aromatic rings. The van der Waals surface area contributed by atoms with Gasteiger partial charge in [-0.1, -0.05) is 17.7 Å². The minimum absolute atomic E-state index is 0.0640. The van der Waals surface area contributed by atoms with Crippen molar-refractivity contribution in [1.29, 1.82) is 0 Å². The van der Waals surface area contributed by atoms with E-state index in [0.717, 1.165) is 0 Å². The lowest BCUT2D eigenvalue weighted by molar-refractivity contribution is -0.385. The van der Waals surface area contributed by atoms with Crippen LogP contribution >= 0.6 is 11.6 Å². The summed E-state index contributed by atoms with van der Waals surface area (Å²) in [7, 11) is 0. The second-order valence-corrected chi connectivity index (χ2v) is 4.12. The van der Waals surface area contributed by atoms with E-state index in [2.05, 4.69) is 6.58 Å². The highest BCUT2D eigenvalue weighted by Gasteiger charge is 2.24. The molecule has 19 heavy (non-hydrogen) atoms. The quantitative estimate of drug-likeness (QED) is 0.491. The smallest absolute Gasteiger partial charge is 0.282 e. The van der Waals surface area contributed by atoms with Crippen LogP contribution in [0.25, 0.3) is 0 Å². The van der Waals surface area contributed by atoms with Crippen molar-refractivity contribution in [2.24, 2.45) is 0 Å². The average Bonchev–Trinajstić information content (AvgIpc) is 2.37. The number of halogens is 1. The first-order chi connectivity index (χ1) is 9.01. The Balaban J connectivity index is 3.18. The van der Waals surface area contributed by atoms with E-state index in [1.807, 2.05) is 0 Å². The Labute approximate surface area is 115 Å². The molecule has 0 aromatic heterocycles. The SMILES string of the molecule is C=CCN(CCO)C(=O)c1cc(Cl)ccc1[N+](=O)[O-]. The Hall–Kier alpha value is -1.92. The Kier molecular flexibility index (Phi) is 5.47. The van der Waals surface area contributed by atoms with Crippen LogP contribution in [0.2, 0.25) is 5.02 Å². The molecule has 102 valence electrons.